The molecule has 2 atom stereocenters. The Morgan fingerprint density at radius 1 is 0.974 bits per heavy atom. The van der Waals surface area contributed by atoms with Crippen LogP contribution in [0.25, 0.3) is 0 Å². The summed E-state index contributed by atoms with van der Waals surface area (Å²) in [4.78, 5) is 37.2. The fourth-order valence-electron chi connectivity index (χ4n) is 3.90. The van der Waals surface area contributed by atoms with E-state index < -0.39 is 39.5 Å². The minimum atomic E-state index is -0.930. The third kappa shape index (κ3) is 11.2. The smallest absolute Gasteiger partial charge is 0.0496 e. The monoisotopic (exact) mass is 587 g/mol. The summed E-state index contributed by atoms with van der Waals surface area (Å²) in [5.41, 5.74) is 1.34. The van der Waals surface area contributed by atoms with E-state index in [-0.39, 0.29) is 23.9 Å². The van der Waals surface area contributed by atoms with Gasteiger partial charge in [0.25, 0.3) is 0 Å². The van der Waals surface area contributed by atoms with Gasteiger partial charge in [-0.05, 0) is 46.5 Å². The summed E-state index contributed by atoms with van der Waals surface area (Å²) in [6.07, 6.45) is 3.25. The van der Waals surface area contributed by atoms with Gasteiger partial charge in [-0.3, -0.25) is 0 Å². The predicted molar refractivity (Wildman–Crippen MR) is 146 cm³/mol. The molecule has 1 amide bonds. The summed E-state index contributed by atoms with van der Waals surface area (Å²) in [7, 11) is 0. The number of nitrogens with one attached hydrogen (secondary N) is 1. The van der Waals surface area contributed by atoms with Crippen LogP contribution in [0.4, 0.5) is 9.59 Å². The van der Waals surface area contributed by atoms with Crippen molar-refractivity contribution in [3.8, 4) is 5.75 Å². The third-order valence-electron chi connectivity index (χ3n) is 5.81. The quantitative estimate of drug-likeness (QED) is 0.209. The SMILES string of the molecule is CC(C)(C)OC(=O)N[C@@H](CCOc1ccc(C[AsH]C(=O)OCc2ccccc2)cc1)C(=O)OC1CCCC1. The van der Waals surface area contributed by atoms with Crippen molar-refractivity contribution in [3.05, 3.63) is 65.7 Å². The van der Waals surface area contributed by atoms with Crippen LogP contribution in [-0.4, -0.2) is 56.9 Å². The first kappa shape index (κ1) is 29.6. The summed E-state index contributed by atoms with van der Waals surface area (Å²) >= 11 is -0.930. The van der Waals surface area contributed by atoms with E-state index in [2.05, 4.69) is 5.32 Å². The molecular weight excluding hydrogens is 549 g/mol. The van der Waals surface area contributed by atoms with Crippen molar-refractivity contribution in [1.29, 1.82) is 0 Å². The molecule has 0 heterocycles. The molecule has 2 aromatic carbocycles. The first-order valence-corrected chi connectivity index (χ1v) is 15.6. The van der Waals surface area contributed by atoms with Gasteiger partial charge < -0.3 is 0 Å². The number of alkyl carbamates (subject to hydrolysis) is 1. The van der Waals surface area contributed by atoms with Crippen molar-refractivity contribution in [2.24, 2.45) is 0 Å². The van der Waals surface area contributed by atoms with Crippen LogP contribution in [0.2, 0.25) is 0 Å². The predicted octanol–water partition coefficient (Wildman–Crippen LogP) is 5.11. The summed E-state index contributed by atoms with van der Waals surface area (Å²) < 4.78 is 22.0. The molecule has 3 rings (SSSR count). The molecule has 2 aromatic rings. The van der Waals surface area contributed by atoms with Gasteiger partial charge in [0.1, 0.15) is 5.60 Å². The molecule has 1 N–H and O–H groups in total. The van der Waals surface area contributed by atoms with Crippen LogP contribution in [0.15, 0.2) is 54.6 Å². The van der Waals surface area contributed by atoms with Crippen LogP contribution in [0, 0.1) is 0 Å². The van der Waals surface area contributed by atoms with Crippen molar-refractivity contribution in [1.82, 2.24) is 5.32 Å². The normalized spacial score (nSPS) is 14.7. The zero-order valence-electron chi connectivity index (χ0n) is 22.4. The van der Waals surface area contributed by atoms with E-state index in [1.807, 2.05) is 54.6 Å². The Morgan fingerprint density at radius 3 is 2.32 bits per heavy atom. The number of carbonyl (C=O) groups is 3. The summed E-state index contributed by atoms with van der Waals surface area (Å²) in [6, 6.07) is 16.3. The number of benzene rings is 2. The molecule has 0 spiro atoms. The van der Waals surface area contributed by atoms with Crippen LogP contribution in [0.1, 0.15) is 64.0 Å². The fourth-order valence-corrected chi connectivity index (χ4v) is 5.49. The molecule has 0 aromatic heterocycles. The van der Waals surface area contributed by atoms with E-state index in [1.54, 1.807) is 20.8 Å². The van der Waals surface area contributed by atoms with Crippen LogP contribution < -0.4 is 10.1 Å². The Labute approximate surface area is 231 Å². The topological polar surface area (TPSA) is 100 Å². The molecule has 1 aliphatic rings. The van der Waals surface area contributed by atoms with Gasteiger partial charge in [0.15, 0.2) is 0 Å². The van der Waals surface area contributed by atoms with Crippen LogP contribution in [-0.2, 0) is 30.8 Å². The second kappa shape index (κ2) is 14.8. The maximum absolute atomic E-state index is 12.8. The van der Waals surface area contributed by atoms with Crippen molar-refractivity contribution in [2.45, 2.75) is 82.4 Å². The van der Waals surface area contributed by atoms with Gasteiger partial charge in [0.05, 0.1) is 0 Å². The molecule has 206 valence electrons. The molecule has 0 radical (unpaired) electrons. The molecule has 1 unspecified atom stereocenters. The van der Waals surface area contributed by atoms with Gasteiger partial charge >= 0.3 is 180 Å². The van der Waals surface area contributed by atoms with Crippen LogP contribution in [0.3, 0.4) is 0 Å². The number of hydrogen-bond donors (Lipinski definition) is 1. The first-order chi connectivity index (χ1) is 18.2. The number of rotatable bonds is 12. The second-order valence-electron chi connectivity index (χ2n) is 10.2. The molecule has 0 bridgehead atoms. The van der Waals surface area contributed by atoms with Gasteiger partial charge in [0, 0.05) is 0 Å². The Hall–Kier alpha value is -2.99. The molecule has 8 nitrogen and oxygen atoms in total. The summed E-state index contributed by atoms with van der Waals surface area (Å²) in [5, 5.41) is 3.32. The summed E-state index contributed by atoms with van der Waals surface area (Å²) in [6.45, 7) is 5.80. The zero-order chi connectivity index (χ0) is 27.4. The Bertz CT molecular complexity index is 1030. The van der Waals surface area contributed by atoms with E-state index in [4.69, 9.17) is 18.9 Å². The second-order valence-corrected chi connectivity index (χ2v) is 12.6. The average molecular weight is 588 g/mol. The Morgan fingerprint density at radius 2 is 1.66 bits per heavy atom. The number of hydrogen-bond acceptors (Lipinski definition) is 7. The Kier molecular flexibility index (Phi) is 11.5. The average Bonchev–Trinajstić information content (AvgIpc) is 3.39. The number of esters is 1. The fraction of sp³-hybridized carbons (Fsp3) is 0.483. The molecular formula is C29H38AsNO7. The molecule has 0 aliphatic heterocycles. The van der Waals surface area contributed by atoms with E-state index in [1.165, 1.54) is 0 Å². The number of ether oxygens (including phenoxy) is 4. The third-order valence-corrected chi connectivity index (χ3v) is 7.94. The van der Waals surface area contributed by atoms with Crippen molar-refractivity contribution in [2.75, 3.05) is 6.61 Å². The Balaban J connectivity index is 1.43. The van der Waals surface area contributed by atoms with Gasteiger partial charge in [0.2, 0.25) is 0 Å². The molecule has 38 heavy (non-hydrogen) atoms. The number of carbonyl (C=O) groups excluding carboxylic acids is 3. The minimum absolute atomic E-state index is 0.0993. The summed E-state index contributed by atoms with van der Waals surface area (Å²) in [5.74, 6) is 0.172. The molecule has 1 saturated carbocycles. The molecule has 0 saturated heterocycles. The van der Waals surface area contributed by atoms with E-state index in [9.17, 15) is 14.4 Å². The van der Waals surface area contributed by atoms with E-state index in [0.717, 1.165) is 36.8 Å². The van der Waals surface area contributed by atoms with Crippen molar-refractivity contribution >= 4 is 32.6 Å². The van der Waals surface area contributed by atoms with E-state index >= 15 is 0 Å². The first-order valence-electron chi connectivity index (χ1n) is 13.0. The van der Waals surface area contributed by atoms with Crippen molar-refractivity contribution in [3.63, 3.8) is 0 Å². The van der Waals surface area contributed by atoms with Crippen LogP contribution >= 0.6 is 0 Å². The van der Waals surface area contributed by atoms with Gasteiger partial charge in [-0.15, -0.1) is 0 Å². The standard InChI is InChI=1S/C29H38AsNO7/c1-29(2,3)38-28(34)31-25(26(32)37-24-11-7-8-12-24)17-18-35-23-15-13-21(14-16-23)19-30-27(33)36-20-22-9-5-4-6-10-22/h4-6,9-10,13-16,24-25,30H,7-8,11-12,17-20H2,1-3H3,(H,31,34)/t25-/m0/s1. The number of amides is 1. The van der Waals surface area contributed by atoms with Crippen LogP contribution in [0.5, 0.6) is 5.75 Å². The zero-order valence-corrected chi connectivity index (χ0v) is 24.5. The van der Waals surface area contributed by atoms with Gasteiger partial charge in [-0.2, -0.15) is 0 Å². The molecule has 1 aliphatic carbocycles. The molecule has 9 heteroatoms. The van der Waals surface area contributed by atoms with E-state index in [0.29, 0.717) is 17.6 Å². The maximum atomic E-state index is 12.8. The minimum Gasteiger partial charge on any atom is -0.0496 e. The molecule has 1 fully saturated rings. The van der Waals surface area contributed by atoms with Gasteiger partial charge in [-0.25, -0.2) is 0 Å². The van der Waals surface area contributed by atoms with Gasteiger partial charge in [-0.1, -0.05) is 0 Å². The van der Waals surface area contributed by atoms with Crippen molar-refractivity contribution < 1.29 is 33.3 Å².